The van der Waals surface area contributed by atoms with Crippen molar-refractivity contribution in [2.75, 3.05) is 19.8 Å². The van der Waals surface area contributed by atoms with Gasteiger partial charge in [-0.1, -0.05) is 36.4 Å². The molecule has 0 saturated heterocycles. The van der Waals surface area contributed by atoms with Gasteiger partial charge in [0.15, 0.2) is 11.5 Å². The number of hydrogen-bond acceptors (Lipinski definition) is 8. The Hall–Kier alpha value is -3.54. The smallest absolute Gasteiger partial charge is 0.407 e. The lowest BCUT2D eigenvalue weighted by Gasteiger charge is -2.23. The lowest BCUT2D eigenvalue weighted by molar-refractivity contribution is -0.126. The average Bonchev–Trinajstić information content (AvgIpc) is 3.24. The minimum Gasteiger partial charge on any atom is -0.445 e. The van der Waals surface area contributed by atoms with Gasteiger partial charge in [0.1, 0.15) is 12.6 Å². The van der Waals surface area contributed by atoms with E-state index < -0.39 is 17.7 Å². The number of nitrogens with two attached hydrogens (primary N) is 1. The van der Waals surface area contributed by atoms with Crippen molar-refractivity contribution < 1.29 is 24.2 Å². The molecule has 0 radical (unpaired) electrons. The van der Waals surface area contributed by atoms with E-state index in [9.17, 15) is 9.59 Å². The summed E-state index contributed by atoms with van der Waals surface area (Å²) in [6, 6.07) is 12.5. The van der Waals surface area contributed by atoms with Gasteiger partial charge in [-0.15, -0.1) is 10.2 Å². The highest BCUT2D eigenvalue weighted by molar-refractivity contribution is 5.85. The molecule has 1 atom stereocenters. The van der Waals surface area contributed by atoms with E-state index in [1.54, 1.807) is 36.6 Å². The van der Waals surface area contributed by atoms with Crippen molar-refractivity contribution in [1.82, 2.24) is 25.2 Å². The van der Waals surface area contributed by atoms with Crippen LogP contribution in [0.1, 0.15) is 36.8 Å². The van der Waals surface area contributed by atoms with Gasteiger partial charge in [0.05, 0.1) is 25.4 Å². The standard InChI is InChI=1S/C23H30N6O5/c1-23(2,24)21(31)26-18(15-33-13-16-6-4-3-5-7-16)20-28-27-19-9-8-17(12-29(19)20)14-34-22(32)25-10-11-30/h3-9,12,18,30H,10-11,13-15,24H2,1-2H3,(H,25,32)(H,26,31)/t18-/m1/s1. The molecule has 0 aliphatic heterocycles. The van der Waals surface area contributed by atoms with Gasteiger partial charge in [0.25, 0.3) is 0 Å². The molecule has 0 bridgehead atoms. The van der Waals surface area contributed by atoms with Crippen LogP contribution in [0.5, 0.6) is 0 Å². The molecule has 182 valence electrons. The fraction of sp³-hybridized carbons (Fsp3) is 0.391. The van der Waals surface area contributed by atoms with Crippen LogP contribution < -0.4 is 16.4 Å². The van der Waals surface area contributed by atoms with Crippen LogP contribution in [0.2, 0.25) is 0 Å². The van der Waals surface area contributed by atoms with Crippen LogP contribution in [0, 0.1) is 0 Å². The number of ether oxygens (including phenoxy) is 2. The topological polar surface area (TPSA) is 153 Å². The van der Waals surface area contributed by atoms with Crippen molar-refractivity contribution in [2.24, 2.45) is 5.73 Å². The number of pyridine rings is 1. The van der Waals surface area contributed by atoms with Gasteiger partial charge in [-0.05, 0) is 25.5 Å². The summed E-state index contributed by atoms with van der Waals surface area (Å²) in [5.74, 6) is 0.0878. The Morgan fingerprint density at radius 1 is 1.12 bits per heavy atom. The number of aliphatic hydroxyl groups excluding tert-OH is 1. The molecule has 2 amide bonds. The molecule has 3 aromatic rings. The normalized spacial score (nSPS) is 12.4. The highest BCUT2D eigenvalue weighted by atomic mass is 16.5. The summed E-state index contributed by atoms with van der Waals surface area (Å²) in [7, 11) is 0. The Labute approximate surface area is 197 Å². The van der Waals surface area contributed by atoms with Crippen molar-refractivity contribution in [3.63, 3.8) is 0 Å². The van der Waals surface area contributed by atoms with Gasteiger partial charge < -0.3 is 30.9 Å². The quantitative estimate of drug-likeness (QED) is 0.324. The van der Waals surface area contributed by atoms with Crippen LogP contribution in [0.4, 0.5) is 4.79 Å². The predicted octanol–water partition coefficient (Wildman–Crippen LogP) is 1.06. The molecule has 1 aromatic carbocycles. The number of carbonyl (C=O) groups excluding carboxylic acids is 2. The van der Waals surface area contributed by atoms with Crippen molar-refractivity contribution in [3.8, 4) is 0 Å². The minimum atomic E-state index is -1.10. The summed E-state index contributed by atoms with van der Waals surface area (Å²) in [4.78, 5) is 24.3. The van der Waals surface area contributed by atoms with E-state index in [0.717, 1.165) is 5.56 Å². The zero-order chi connectivity index (χ0) is 24.6. The number of hydrogen-bond donors (Lipinski definition) is 4. The van der Waals surface area contributed by atoms with Crippen LogP contribution in [0.15, 0.2) is 48.7 Å². The molecule has 11 heteroatoms. The number of benzene rings is 1. The van der Waals surface area contributed by atoms with E-state index in [0.29, 0.717) is 23.6 Å². The minimum absolute atomic E-state index is 0.00217. The van der Waals surface area contributed by atoms with Crippen LogP contribution in [0.3, 0.4) is 0 Å². The number of aromatic nitrogens is 3. The van der Waals surface area contributed by atoms with Gasteiger partial charge >= 0.3 is 6.09 Å². The molecule has 0 aliphatic rings. The second-order valence-electron chi connectivity index (χ2n) is 8.30. The lowest BCUT2D eigenvalue weighted by atomic mass is 10.1. The molecule has 34 heavy (non-hydrogen) atoms. The monoisotopic (exact) mass is 470 g/mol. The molecule has 2 aromatic heterocycles. The highest BCUT2D eigenvalue weighted by Gasteiger charge is 2.28. The number of aliphatic hydroxyl groups is 1. The third-order valence-electron chi connectivity index (χ3n) is 4.84. The largest absolute Gasteiger partial charge is 0.445 e. The van der Waals surface area contributed by atoms with Gasteiger partial charge in [-0.25, -0.2) is 4.79 Å². The fourth-order valence-electron chi connectivity index (χ4n) is 3.03. The third-order valence-corrected chi connectivity index (χ3v) is 4.84. The average molecular weight is 471 g/mol. The zero-order valence-corrected chi connectivity index (χ0v) is 19.2. The molecule has 3 rings (SSSR count). The number of rotatable bonds is 11. The first-order valence-corrected chi connectivity index (χ1v) is 10.8. The molecule has 0 saturated carbocycles. The van der Waals surface area contributed by atoms with Gasteiger partial charge in [-0.2, -0.15) is 0 Å². The molecule has 0 spiro atoms. The number of carbonyl (C=O) groups is 2. The summed E-state index contributed by atoms with van der Waals surface area (Å²) in [6.45, 7) is 3.66. The molecular weight excluding hydrogens is 440 g/mol. The maximum atomic E-state index is 12.6. The van der Waals surface area contributed by atoms with Gasteiger partial charge in [0.2, 0.25) is 5.91 Å². The van der Waals surface area contributed by atoms with E-state index >= 15 is 0 Å². The van der Waals surface area contributed by atoms with E-state index in [2.05, 4.69) is 20.8 Å². The molecule has 2 heterocycles. The number of alkyl carbamates (subject to hydrolysis) is 1. The maximum absolute atomic E-state index is 12.6. The van der Waals surface area contributed by atoms with Crippen LogP contribution in [-0.2, 0) is 27.5 Å². The highest BCUT2D eigenvalue weighted by Crippen LogP contribution is 2.17. The Balaban J connectivity index is 1.78. The number of nitrogens with zero attached hydrogens (tertiary/aromatic N) is 3. The van der Waals surface area contributed by atoms with Crippen LogP contribution in [0.25, 0.3) is 5.65 Å². The van der Waals surface area contributed by atoms with Crippen LogP contribution >= 0.6 is 0 Å². The summed E-state index contributed by atoms with van der Waals surface area (Å²) < 4.78 is 12.7. The van der Waals surface area contributed by atoms with E-state index in [1.807, 2.05) is 30.3 Å². The number of nitrogens with one attached hydrogen (secondary N) is 2. The second-order valence-corrected chi connectivity index (χ2v) is 8.30. The molecule has 0 fully saturated rings. The summed E-state index contributed by atoms with van der Waals surface area (Å²) in [5, 5.41) is 22.5. The predicted molar refractivity (Wildman–Crippen MR) is 124 cm³/mol. The number of amides is 2. The third kappa shape index (κ3) is 6.98. The zero-order valence-electron chi connectivity index (χ0n) is 19.2. The first-order chi connectivity index (χ1) is 16.3. The summed E-state index contributed by atoms with van der Waals surface area (Å²) in [5.41, 5.74) is 7.11. The Morgan fingerprint density at radius 3 is 2.59 bits per heavy atom. The molecular formula is C23H30N6O5. The van der Waals surface area contributed by atoms with Crippen molar-refractivity contribution in [3.05, 3.63) is 65.6 Å². The SMILES string of the molecule is CC(C)(N)C(=O)N[C@H](COCc1ccccc1)c1nnc2ccc(COC(=O)NCCO)cn12. The number of fused-ring (bicyclic) bond motifs is 1. The Bertz CT molecular complexity index is 1100. The first kappa shape index (κ1) is 25.1. The van der Waals surface area contributed by atoms with E-state index in [1.165, 1.54) is 0 Å². The van der Waals surface area contributed by atoms with Crippen molar-refractivity contribution in [2.45, 2.75) is 38.6 Å². The molecule has 11 nitrogen and oxygen atoms in total. The van der Waals surface area contributed by atoms with E-state index in [4.69, 9.17) is 20.3 Å². The van der Waals surface area contributed by atoms with Gasteiger partial charge in [-0.3, -0.25) is 9.20 Å². The maximum Gasteiger partial charge on any atom is 0.407 e. The summed E-state index contributed by atoms with van der Waals surface area (Å²) >= 11 is 0. The van der Waals surface area contributed by atoms with E-state index in [-0.39, 0.29) is 32.3 Å². The van der Waals surface area contributed by atoms with Gasteiger partial charge in [0, 0.05) is 18.3 Å². The Kier molecular flexibility index (Phi) is 8.52. The van der Waals surface area contributed by atoms with Crippen molar-refractivity contribution in [1.29, 1.82) is 0 Å². The Morgan fingerprint density at radius 2 is 1.88 bits per heavy atom. The fourth-order valence-corrected chi connectivity index (χ4v) is 3.03. The summed E-state index contributed by atoms with van der Waals surface area (Å²) in [6.07, 6.45) is 1.09. The molecule has 0 unspecified atom stereocenters. The second kappa shape index (κ2) is 11.5. The van der Waals surface area contributed by atoms with Crippen molar-refractivity contribution >= 4 is 17.6 Å². The molecule has 0 aliphatic carbocycles. The first-order valence-electron chi connectivity index (χ1n) is 10.8. The lowest BCUT2D eigenvalue weighted by Crippen LogP contribution is -2.50. The molecule has 5 N–H and O–H groups in total. The van der Waals surface area contributed by atoms with Crippen LogP contribution in [-0.4, -0.2) is 57.0 Å².